The van der Waals surface area contributed by atoms with Crippen LogP contribution in [0.2, 0.25) is 0 Å². The predicted molar refractivity (Wildman–Crippen MR) is 150 cm³/mol. The molecule has 0 aromatic heterocycles. The minimum atomic E-state index is -1.26. The summed E-state index contributed by atoms with van der Waals surface area (Å²) in [4.78, 5) is 12.5. The summed E-state index contributed by atoms with van der Waals surface area (Å²) in [5.74, 6) is 0.138. The van der Waals surface area contributed by atoms with Crippen molar-refractivity contribution in [2.24, 2.45) is 0 Å². The van der Waals surface area contributed by atoms with Crippen molar-refractivity contribution >= 4 is 6.09 Å². The third-order valence-corrected chi connectivity index (χ3v) is 7.25. The minimum Gasteiger partial charge on any atom is -0.507 e. The van der Waals surface area contributed by atoms with Crippen LogP contribution in [0, 0.1) is 0 Å². The highest BCUT2D eigenvalue weighted by Gasteiger charge is 2.31. The third-order valence-electron chi connectivity index (χ3n) is 7.25. The summed E-state index contributed by atoms with van der Waals surface area (Å²) in [6.45, 7) is 11.9. The van der Waals surface area contributed by atoms with E-state index in [4.69, 9.17) is 4.74 Å². The first-order chi connectivity index (χ1) is 17.8. The number of ether oxygens (including phenoxy) is 1. The second-order valence-electron chi connectivity index (χ2n) is 12.2. The molecule has 1 aliphatic rings. The number of phenols is 1. The highest BCUT2D eigenvalue weighted by Crippen LogP contribution is 2.44. The Kier molecular flexibility index (Phi) is 7.60. The number of amides is 1. The van der Waals surface area contributed by atoms with Gasteiger partial charge in [0.25, 0.3) is 0 Å². The van der Waals surface area contributed by atoms with Gasteiger partial charge in [0.1, 0.15) is 24.6 Å². The molecule has 0 fully saturated rings. The van der Waals surface area contributed by atoms with E-state index in [1.165, 1.54) is 0 Å². The van der Waals surface area contributed by atoms with Gasteiger partial charge in [0.05, 0.1) is 0 Å². The van der Waals surface area contributed by atoms with Crippen LogP contribution in [0.3, 0.4) is 0 Å². The lowest BCUT2D eigenvalue weighted by Gasteiger charge is -2.30. The fourth-order valence-corrected chi connectivity index (χ4v) is 5.14. The van der Waals surface area contributed by atoms with Crippen molar-refractivity contribution in [2.45, 2.75) is 70.5 Å². The summed E-state index contributed by atoms with van der Waals surface area (Å²) >= 11 is 0. The molecule has 3 aromatic rings. The molecule has 6 heteroatoms. The van der Waals surface area contributed by atoms with E-state index in [2.05, 4.69) is 29.6 Å². The largest absolute Gasteiger partial charge is 0.507 e. The molecule has 38 heavy (non-hydrogen) atoms. The molecule has 4 N–H and O–H groups in total. The summed E-state index contributed by atoms with van der Waals surface area (Å²) in [5.41, 5.74) is 5.66. The average molecular weight is 518 g/mol. The van der Waals surface area contributed by atoms with Crippen LogP contribution < -0.4 is 5.32 Å². The van der Waals surface area contributed by atoms with E-state index >= 15 is 0 Å². The molecule has 0 radical (unpaired) electrons. The molecule has 2 atom stereocenters. The number of hydrogen-bond donors (Lipinski definition) is 4. The van der Waals surface area contributed by atoms with Gasteiger partial charge >= 0.3 is 6.09 Å². The van der Waals surface area contributed by atoms with Crippen LogP contribution in [0.15, 0.2) is 60.7 Å². The Morgan fingerprint density at radius 2 is 1.34 bits per heavy atom. The van der Waals surface area contributed by atoms with Crippen molar-refractivity contribution in [1.29, 1.82) is 0 Å². The van der Waals surface area contributed by atoms with Gasteiger partial charge in [-0.2, -0.15) is 0 Å². The summed E-state index contributed by atoms with van der Waals surface area (Å²) in [7, 11) is 0. The maximum absolute atomic E-state index is 12.5. The van der Waals surface area contributed by atoms with E-state index < -0.39 is 18.3 Å². The first kappa shape index (κ1) is 27.7. The van der Waals surface area contributed by atoms with Crippen LogP contribution in [-0.4, -0.2) is 40.7 Å². The zero-order valence-electron chi connectivity index (χ0n) is 23.1. The van der Waals surface area contributed by atoms with Crippen molar-refractivity contribution in [3.05, 3.63) is 88.5 Å². The van der Waals surface area contributed by atoms with Gasteiger partial charge in [-0.1, -0.05) is 90.1 Å². The van der Waals surface area contributed by atoms with E-state index in [-0.39, 0.29) is 35.6 Å². The molecule has 202 valence electrons. The summed E-state index contributed by atoms with van der Waals surface area (Å²) in [6, 6.07) is 19.7. The number of phenolic OH excluding ortho intramolecular Hbond substituents is 1. The molecule has 6 nitrogen and oxygen atoms in total. The molecule has 0 aliphatic heterocycles. The van der Waals surface area contributed by atoms with E-state index in [1.807, 2.05) is 65.8 Å². The maximum atomic E-state index is 12.5. The summed E-state index contributed by atoms with van der Waals surface area (Å²) in [5, 5.41) is 35.2. The van der Waals surface area contributed by atoms with Crippen molar-refractivity contribution in [1.82, 2.24) is 5.32 Å². The van der Waals surface area contributed by atoms with Gasteiger partial charge in [-0.25, -0.2) is 4.79 Å². The highest BCUT2D eigenvalue weighted by molar-refractivity contribution is 5.79. The molecule has 0 spiro atoms. The Hall–Kier alpha value is -3.35. The lowest BCUT2D eigenvalue weighted by molar-refractivity contribution is 0.0183. The van der Waals surface area contributed by atoms with Gasteiger partial charge in [0.2, 0.25) is 0 Å². The molecule has 0 bridgehead atoms. The fraction of sp³-hybridized carbons (Fsp3) is 0.406. The number of carbonyl (C=O) groups is 1. The zero-order chi connectivity index (χ0) is 27.8. The molecule has 0 saturated carbocycles. The standard InChI is InChI=1S/C32H39NO5/c1-31(2,3)25-15-19(16-26(29(25)36)32(4,5)6)28(35)27(34)17-33-30(37)38-18-24-22-13-9-7-11-20(22)21-12-8-10-14-23(21)24/h7-16,24,27-28,34-36H,17-18H2,1-6H3,(H,33,37). The number of hydrogen-bond acceptors (Lipinski definition) is 5. The summed E-state index contributed by atoms with van der Waals surface area (Å²) < 4.78 is 5.54. The first-order valence-corrected chi connectivity index (χ1v) is 13.1. The van der Waals surface area contributed by atoms with Gasteiger partial charge in [0.15, 0.2) is 0 Å². The lowest BCUT2D eigenvalue weighted by Crippen LogP contribution is -2.36. The van der Waals surface area contributed by atoms with Crippen LogP contribution in [0.4, 0.5) is 4.79 Å². The molecule has 1 amide bonds. The molecule has 3 aromatic carbocycles. The van der Waals surface area contributed by atoms with Crippen LogP contribution >= 0.6 is 0 Å². The van der Waals surface area contributed by atoms with E-state index in [9.17, 15) is 20.1 Å². The Bertz CT molecular complexity index is 1240. The third kappa shape index (κ3) is 5.57. The molecule has 4 rings (SSSR count). The maximum Gasteiger partial charge on any atom is 0.407 e. The fourth-order valence-electron chi connectivity index (χ4n) is 5.14. The van der Waals surface area contributed by atoms with Crippen LogP contribution in [0.5, 0.6) is 5.75 Å². The van der Waals surface area contributed by atoms with Crippen molar-refractivity contribution in [3.8, 4) is 16.9 Å². The Labute approximate surface area is 225 Å². The second-order valence-corrected chi connectivity index (χ2v) is 12.2. The Balaban J connectivity index is 1.42. The lowest BCUT2D eigenvalue weighted by atomic mass is 9.77. The number of fused-ring (bicyclic) bond motifs is 3. The number of alkyl carbamates (subject to hydrolysis) is 1. The quantitative estimate of drug-likeness (QED) is 0.325. The molecule has 1 aliphatic carbocycles. The predicted octanol–water partition coefficient (Wildman–Crippen LogP) is 5.92. The molecular weight excluding hydrogens is 478 g/mol. The number of aromatic hydroxyl groups is 1. The van der Waals surface area contributed by atoms with Crippen molar-refractivity contribution in [2.75, 3.05) is 13.2 Å². The molecule has 2 unspecified atom stereocenters. The van der Waals surface area contributed by atoms with Crippen LogP contribution in [0.25, 0.3) is 11.1 Å². The summed E-state index contributed by atoms with van der Waals surface area (Å²) in [6.07, 6.45) is -3.18. The number of carbonyl (C=O) groups excluding carboxylic acids is 1. The van der Waals surface area contributed by atoms with E-state index in [1.54, 1.807) is 12.1 Å². The minimum absolute atomic E-state index is 0.0627. The number of aliphatic hydroxyl groups excluding tert-OH is 2. The number of rotatable bonds is 6. The van der Waals surface area contributed by atoms with Gasteiger partial charge < -0.3 is 25.4 Å². The van der Waals surface area contributed by atoms with Gasteiger partial charge in [-0.3, -0.25) is 0 Å². The topological polar surface area (TPSA) is 99.0 Å². The number of nitrogens with one attached hydrogen (secondary N) is 1. The molecule has 0 saturated heterocycles. The monoisotopic (exact) mass is 517 g/mol. The average Bonchev–Trinajstić information content (AvgIpc) is 3.18. The Morgan fingerprint density at radius 3 is 1.82 bits per heavy atom. The second kappa shape index (κ2) is 10.4. The van der Waals surface area contributed by atoms with Crippen molar-refractivity contribution < 1.29 is 24.9 Å². The highest BCUT2D eigenvalue weighted by atomic mass is 16.5. The zero-order valence-corrected chi connectivity index (χ0v) is 23.1. The van der Waals surface area contributed by atoms with E-state index in [0.29, 0.717) is 16.7 Å². The van der Waals surface area contributed by atoms with Gasteiger partial charge in [-0.05, 0) is 61.9 Å². The first-order valence-electron chi connectivity index (χ1n) is 13.1. The Morgan fingerprint density at radius 1 is 0.868 bits per heavy atom. The normalized spacial score (nSPS) is 14.9. The van der Waals surface area contributed by atoms with Crippen molar-refractivity contribution in [3.63, 3.8) is 0 Å². The van der Waals surface area contributed by atoms with Crippen LogP contribution in [-0.2, 0) is 15.6 Å². The number of benzene rings is 3. The van der Waals surface area contributed by atoms with E-state index in [0.717, 1.165) is 22.3 Å². The van der Waals surface area contributed by atoms with Gasteiger partial charge in [-0.15, -0.1) is 0 Å². The molecule has 0 heterocycles. The number of aliphatic hydroxyl groups is 2. The smallest absolute Gasteiger partial charge is 0.407 e. The van der Waals surface area contributed by atoms with Crippen LogP contribution in [0.1, 0.15) is 81.4 Å². The SMILES string of the molecule is CC(C)(C)c1cc(C(O)C(O)CNC(=O)OCC2c3ccccc3-c3ccccc32)cc(C(C)(C)C)c1O. The molecular formula is C32H39NO5. The van der Waals surface area contributed by atoms with Gasteiger partial charge in [0, 0.05) is 12.5 Å².